The highest BCUT2D eigenvalue weighted by Crippen LogP contribution is 2.51. The van der Waals surface area contributed by atoms with E-state index in [0.717, 1.165) is 25.2 Å². The van der Waals surface area contributed by atoms with Gasteiger partial charge in [-0.25, -0.2) is 0 Å². The van der Waals surface area contributed by atoms with Crippen molar-refractivity contribution in [3.05, 3.63) is 12.4 Å². The zero-order valence-corrected chi connectivity index (χ0v) is 10.3. The van der Waals surface area contributed by atoms with Crippen LogP contribution in [0, 0.1) is 5.92 Å². The number of Topliss-reactive ketones (excluding diaryl/α,β-unsaturated/α-hetero) is 1. The van der Waals surface area contributed by atoms with Crippen LogP contribution in [-0.4, -0.2) is 40.3 Å². The van der Waals surface area contributed by atoms with Gasteiger partial charge in [0.1, 0.15) is 5.78 Å². The Kier molecular flexibility index (Phi) is 1.92. The average molecular weight is 232 g/mol. The van der Waals surface area contributed by atoms with Crippen LogP contribution >= 0.6 is 0 Å². The monoisotopic (exact) mass is 232 g/mol. The molecule has 3 atom stereocenters. The van der Waals surface area contributed by atoms with E-state index in [1.807, 2.05) is 0 Å². The van der Waals surface area contributed by atoms with Crippen LogP contribution in [0.4, 0.5) is 0 Å². The van der Waals surface area contributed by atoms with Gasteiger partial charge in [0.2, 0.25) is 0 Å². The summed E-state index contributed by atoms with van der Waals surface area (Å²) in [6, 6.07) is 0.615. The number of hydrogen-bond donors (Lipinski definition) is 0. The SMILES string of the molecule is O=C1CC[C@@H]2CCN3C=CN4CCC[C@H]4[C@]23C1. The van der Waals surface area contributed by atoms with E-state index >= 15 is 0 Å². The second kappa shape index (κ2) is 3.27. The van der Waals surface area contributed by atoms with Crippen molar-refractivity contribution >= 4 is 5.78 Å². The highest BCUT2D eigenvalue weighted by Gasteiger charge is 2.58. The Bertz CT molecular complexity index is 392. The molecule has 4 aliphatic rings. The zero-order chi connectivity index (χ0) is 11.5. The summed E-state index contributed by atoms with van der Waals surface area (Å²) in [7, 11) is 0. The molecule has 3 nitrogen and oxygen atoms in total. The molecule has 0 radical (unpaired) electrons. The molecule has 92 valence electrons. The minimum absolute atomic E-state index is 0.181. The lowest BCUT2D eigenvalue weighted by Crippen LogP contribution is -2.62. The molecule has 2 saturated heterocycles. The van der Waals surface area contributed by atoms with Gasteiger partial charge in [-0.3, -0.25) is 4.79 Å². The van der Waals surface area contributed by atoms with E-state index in [2.05, 4.69) is 22.2 Å². The molecule has 4 rings (SSSR count). The van der Waals surface area contributed by atoms with Gasteiger partial charge < -0.3 is 9.80 Å². The van der Waals surface area contributed by atoms with Crippen LogP contribution < -0.4 is 0 Å². The van der Waals surface area contributed by atoms with Gasteiger partial charge in [-0.05, 0) is 31.6 Å². The molecule has 3 fully saturated rings. The molecule has 0 aromatic heterocycles. The van der Waals surface area contributed by atoms with Gasteiger partial charge in [-0.1, -0.05) is 0 Å². The van der Waals surface area contributed by atoms with E-state index in [1.165, 1.54) is 32.4 Å². The van der Waals surface area contributed by atoms with Crippen LogP contribution in [0.15, 0.2) is 12.4 Å². The number of ketones is 1. The second-order valence-electron chi connectivity index (χ2n) is 6.12. The van der Waals surface area contributed by atoms with Crippen molar-refractivity contribution in [2.45, 2.75) is 50.1 Å². The maximum Gasteiger partial charge on any atom is 0.135 e. The summed E-state index contributed by atoms with van der Waals surface area (Å²) in [6.07, 6.45) is 11.2. The van der Waals surface area contributed by atoms with E-state index in [0.29, 0.717) is 11.8 Å². The molecule has 0 bridgehead atoms. The molecule has 0 N–H and O–H groups in total. The summed E-state index contributed by atoms with van der Waals surface area (Å²) in [4.78, 5) is 17.0. The molecule has 1 aliphatic carbocycles. The number of hydrogen-bond acceptors (Lipinski definition) is 3. The van der Waals surface area contributed by atoms with Crippen LogP contribution in [0.1, 0.15) is 38.5 Å². The molecule has 1 spiro atoms. The summed E-state index contributed by atoms with van der Waals surface area (Å²) in [6.45, 7) is 2.36. The molecule has 3 aliphatic heterocycles. The number of nitrogens with zero attached hydrogens (tertiary/aromatic N) is 2. The van der Waals surface area contributed by atoms with Crippen LogP contribution in [0.2, 0.25) is 0 Å². The van der Waals surface area contributed by atoms with E-state index in [1.54, 1.807) is 0 Å². The fourth-order valence-electron chi connectivity index (χ4n) is 4.83. The number of carbonyl (C=O) groups is 1. The van der Waals surface area contributed by atoms with Crippen LogP contribution in [0.3, 0.4) is 0 Å². The zero-order valence-electron chi connectivity index (χ0n) is 10.3. The molecular weight excluding hydrogens is 212 g/mol. The Morgan fingerprint density at radius 3 is 3.06 bits per heavy atom. The van der Waals surface area contributed by atoms with E-state index < -0.39 is 0 Å². The molecule has 17 heavy (non-hydrogen) atoms. The quantitative estimate of drug-likeness (QED) is 0.635. The molecule has 0 amide bonds. The van der Waals surface area contributed by atoms with Gasteiger partial charge >= 0.3 is 0 Å². The third-order valence-electron chi connectivity index (χ3n) is 5.52. The summed E-state index contributed by atoms with van der Waals surface area (Å²) in [5, 5.41) is 0. The minimum Gasteiger partial charge on any atom is -0.371 e. The van der Waals surface area contributed by atoms with Crippen molar-refractivity contribution in [1.82, 2.24) is 9.80 Å². The Hall–Kier alpha value is -0.990. The Morgan fingerprint density at radius 2 is 2.12 bits per heavy atom. The number of carbonyl (C=O) groups excluding carboxylic acids is 1. The standard InChI is InChI=1S/C14H20N2O/c17-12-4-3-11-5-7-16-9-8-15-6-1-2-13(15)14(11,16)10-12/h8-9,11,13H,1-7,10H2/t11-,13+,14+/m1/s1. The Morgan fingerprint density at radius 1 is 1.18 bits per heavy atom. The smallest absolute Gasteiger partial charge is 0.135 e. The lowest BCUT2D eigenvalue weighted by Gasteiger charge is -2.53. The lowest BCUT2D eigenvalue weighted by molar-refractivity contribution is -0.127. The van der Waals surface area contributed by atoms with Crippen molar-refractivity contribution < 1.29 is 4.79 Å². The summed E-state index contributed by atoms with van der Waals surface area (Å²) in [5.41, 5.74) is 0.181. The average Bonchev–Trinajstić information content (AvgIpc) is 2.90. The molecule has 3 heterocycles. The summed E-state index contributed by atoms with van der Waals surface area (Å²) >= 11 is 0. The highest BCUT2D eigenvalue weighted by molar-refractivity contribution is 5.81. The van der Waals surface area contributed by atoms with Crippen molar-refractivity contribution in [3.63, 3.8) is 0 Å². The van der Waals surface area contributed by atoms with Gasteiger partial charge in [0.25, 0.3) is 0 Å². The van der Waals surface area contributed by atoms with Crippen molar-refractivity contribution in [3.8, 4) is 0 Å². The Balaban J connectivity index is 1.80. The van der Waals surface area contributed by atoms with Crippen LogP contribution in [-0.2, 0) is 4.79 Å². The lowest BCUT2D eigenvalue weighted by atomic mass is 9.67. The highest BCUT2D eigenvalue weighted by atomic mass is 16.1. The van der Waals surface area contributed by atoms with Crippen molar-refractivity contribution in [1.29, 1.82) is 0 Å². The van der Waals surface area contributed by atoms with Crippen molar-refractivity contribution in [2.24, 2.45) is 5.92 Å². The molecular formula is C14H20N2O. The van der Waals surface area contributed by atoms with Crippen LogP contribution in [0.25, 0.3) is 0 Å². The Labute approximate surface area is 102 Å². The largest absolute Gasteiger partial charge is 0.371 e. The maximum absolute atomic E-state index is 12.0. The fraction of sp³-hybridized carbons (Fsp3) is 0.786. The molecule has 0 unspecified atom stereocenters. The molecule has 1 saturated carbocycles. The number of rotatable bonds is 0. The predicted molar refractivity (Wildman–Crippen MR) is 65.3 cm³/mol. The predicted octanol–water partition coefficient (Wildman–Crippen LogP) is 1.75. The maximum atomic E-state index is 12.0. The fourth-order valence-corrected chi connectivity index (χ4v) is 4.83. The third kappa shape index (κ3) is 1.15. The first kappa shape index (κ1) is 9.98. The van der Waals surface area contributed by atoms with E-state index in [-0.39, 0.29) is 5.54 Å². The van der Waals surface area contributed by atoms with Crippen molar-refractivity contribution in [2.75, 3.05) is 13.1 Å². The topological polar surface area (TPSA) is 23.6 Å². The van der Waals surface area contributed by atoms with Gasteiger partial charge in [0, 0.05) is 38.3 Å². The summed E-state index contributed by atoms with van der Waals surface area (Å²) in [5.74, 6) is 1.26. The van der Waals surface area contributed by atoms with E-state index in [9.17, 15) is 4.79 Å². The van der Waals surface area contributed by atoms with Gasteiger partial charge in [0.15, 0.2) is 0 Å². The van der Waals surface area contributed by atoms with Gasteiger partial charge in [-0.2, -0.15) is 0 Å². The number of fused-ring (bicyclic) bond motifs is 1. The van der Waals surface area contributed by atoms with Gasteiger partial charge in [0.05, 0.1) is 11.6 Å². The minimum atomic E-state index is 0.181. The first-order valence-electron chi connectivity index (χ1n) is 7.03. The van der Waals surface area contributed by atoms with Gasteiger partial charge in [-0.15, -0.1) is 0 Å². The molecule has 0 aromatic carbocycles. The first-order valence-corrected chi connectivity index (χ1v) is 7.03. The molecule has 3 heteroatoms. The second-order valence-corrected chi connectivity index (χ2v) is 6.12. The third-order valence-corrected chi connectivity index (χ3v) is 5.52. The summed E-state index contributed by atoms with van der Waals surface area (Å²) < 4.78 is 0. The van der Waals surface area contributed by atoms with E-state index in [4.69, 9.17) is 0 Å². The molecule has 0 aromatic rings. The van der Waals surface area contributed by atoms with Crippen LogP contribution in [0.5, 0.6) is 0 Å². The first-order chi connectivity index (χ1) is 8.30. The normalized spacial score (nSPS) is 43.6.